The van der Waals surface area contributed by atoms with Crippen LogP contribution in [0.4, 0.5) is 13.2 Å². The highest BCUT2D eigenvalue weighted by atomic mass is 19.4. The van der Waals surface area contributed by atoms with Crippen molar-refractivity contribution >= 4 is 5.91 Å². The Labute approximate surface area is 198 Å². The molecule has 0 aliphatic rings. The Morgan fingerprint density at radius 1 is 1.00 bits per heavy atom. The van der Waals surface area contributed by atoms with E-state index in [-0.39, 0.29) is 5.56 Å². The van der Waals surface area contributed by atoms with Crippen LogP contribution in [0.3, 0.4) is 0 Å². The number of carbonyl (C=O) groups excluding carboxylic acids is 1. The van der Waals surface area contributed by atoms with Crippen molar-refractivity contribution < 1.29 is 18.0 Å². The number of nitrogens with zero attached hydrogens (tertiary/aromatic N) is 6. The number of hydrogen-bond donors (Lipinski definition) is 1. The van der Waals surface area contributed by atoms with Gasteiger partial charge in [0.05, 0.1) is 22.2 Å². The quantitative estimate of drug-likeness (QED) is 0.460. The lowest BCUT2D eigenvalue weighted by Crippen LogP contribution is -2.43. The zero-order valence-electron chi connectivity index (χ0n) is 18.6. The standard InChI is InChI=1S/C24H18F3N7O/c1-23(2,22-31-14-32-34(22)20-8-3-15(10-28)11-30-20)33-21(35)18-9-17(12-29-13-18)16-4-6-19(7-5-16)24(25,26)27/h3-9,11-14H,1-2H3,(H,33,35). The summed E-state index contributed by atoms with van der Waals surface area (Å²) in [6.07, 6.45) is 1.14. The van der Waals surface area contributed by atoms with Gasteiger partial charge >= 0.3 is 6.18 Å². The number of pyridine rings is 2. The maximum atomic E-state index is 13.0. The number of rotatable bonds is 5. The van der Waals surface area contributed by atoms with Gasteiger partial charge in [0.1, 0.15) is 12.4 Å². The summed E-state index contributed by atoms with van der Waals surface area (Å²) < 4.78 is 40.0. The molecule has 35 heavy (non-hydrogen) atoms. The fourth-order valence-corrected chi connectivity index (χ4v) is 3.40. The van der Waals surface area contributed by atoms with Crippen LogP contribution in [0.2, 0.25) is 0 Å². The molecule has 4 rings (SSSR count). The lowest BCUT2D eigenvalue weighted by atomic mass is 10.0. The molecule has 1 N–H and O–H groups in total. The van der Waals surface area contributed by atoms with Crippen LogP contribution in [0.5, 0.6) is 0 Å². The SMILES string of the molecule is CC(C)(NC(=O)c1cncc(-c2ccc(C(F)(F)F)cc2)c1)c1ncnn1-c1ccc(C#N)cn1. The smallest absolute Gasteiger partial charge is 0.340 e. The first-order chi connectivity index (χ1) is 16.6. The number of alkyl halides is 3. The Bertz CT molecular complexity index is 1400. The van der Waals surface area contributed by atoms with E-state index in [1.807, 2.05) is 6.07 Å². The Hall–Kier alpha value is -4.59. The van der Waals surface area contributed by atoms with Crippen LogP contribution in [0, 0.1) is 11.3 Å². The van der Waals surface area contributed by atoms with Crippen LogP contribution in [-0.4, -0.2) is 30.6 Å². The van der Waals surface area contributed by atoms with Crippen LogP contribution < -0.4 is 5.32 Å². The third-order valence-corrected chi connectivity index (χ3v) is 5.17. The minimum absolute atomic E-state index is 0.220. The van der Waals surface area contributed by atoms with Crippen molar-refractivity contribution in [2.75, 3.05) is 0 Å². The third-order valence-electron chi connectivity index (χ3n) is 5.17. The van der Waals surface area contributed by atoms with E-state index in [9.17, 15) is 18.0 Å². The predicted molar refractivity (Wildman–Crippen MR) is 119 cm³/mol. The Morgan fingerprint density at radius 2 is 1.74 bits per heavy atom. The van der Waals surface area contributed by atoms with Gasteiger partial charge in [-0.25, -0.2) is 9.97 Å². The highest BCUT2D eigenvalue weighted by Gasteiger charge is 2.31. The highest BCUT2D eigenvalue weighted by Crippen LogP contribution is 2.31. The first kappa shape index (κ1) is 23.6. The average molecular weight is 477 g/mol. The van der Waals surface area contributed by atoms with Crippen LogP contribution >= 0.6 is 0 Å². The highest BCUT2D eigenvalue weighted by molar-refractivity contribution is 5.95. The van der Waals surface area contributed by atoms with Gasteiger partial charge in [0.25, 0.3) is 5.91 Å². The topological polar surface area (TPSA) is 109 Å². The van der Waals surface area contributed by atoms with Gasteiger partial charge in [-0.3, -0.25) is 9.78 Å². The van der Waals surface area contributed by atoms with E-state index in [0.717, 1.165) is 12.1 Å². The Kier molecular flexibility index (Phi) is 6.05. The minimum atomic E-state index is -4.43. The molecule has 0 atom stereocenters. The second kappa shape index (κ2) is 8.98. The predicted octanol–water partition coefficient (Wildman–Crippen LogP) is 4.28. The van der Waals surface area contributed by atoms with Crippen LogP contribution in [0.25, 0.3) is 16.9 Å². The number of nitrogens with one attached hydrogen (secondary N) is 1. The Morgan fingerprint density at radius 3 is 2.37 bits per heavy atom. The van der Waals surface area contributed by atoms with E-state index >= 15 is 0 Å². The zero-order valence-corrected chi connectivity index (χ0v) is 18.6. The molecule has 0 radical (unpaired) electrons. The van der Waals surface area contributed by atoms with Crippen LogP contribution in [0.1, 0.15) is 41.2 Å². The maximum Gasteiger partial charge on any atom is 0.416 e. The first-order valence-corrected chi connectivity index (χ1v) is 10.3. The van der Waals surface area contributed by atoms with E-state index in [1.165, 1.54) is 41.7 Å². The van der Waals surface area contributed by atoms with Gasteiger partial charge in [0.15, 0.2) is 11.6 Å². The summed E-state index contributed by atoms with van der Waals surface area (Å²) >= 11 is 0. The number of aromatic nitrogens is 5. The summed E-state index contributed by atoms with van der Waals surface area (Å²) in [5.74, 6) is 0.360. The molecule has 0 bridgehead atoms. The summed E-state index contributed by atoms with van der Waals surface area (Å²) in [5, 5.41) is 16.0. The van der Waals surface area contributed by atoms with E-state index in [4.69, 9.17) is 5.26 Å². The fourth-order valence-electron chi connectivity index (χ4n) is 3.40. The van der Waals surface area contributed by atoms with Crippen molar-refractivity contribution in [2.24, 2.45) is 0 Å². The zero-order chi connectivity index (χ0) is 25.2. The van der Waals surface area contributed by atoms with E-state index in [2.05, 4.69) is 25.4 Å². The molecular weight excluding hydrogens is 459 g/mol. The molecule has 0 saturated heterocycles. The fraction of sp³-hybridized carbons (Fsp3) is 0.167. The van der Waals surface area contributed by atoms with Gasteiger partial charge in [0, 0.05) is 24.2 Å². The molecule has 3 aromatic heterocycles. The monoisotopic (exact) mass is 477 g/mol. The molecule has 0 fully saturated rings. The second-order valence-corrected chi connectivity index (χ2v) is 8.13. The summed E-state index contributed by atoms with van der Waals surface area (Å²) in [4.78, 5) is 25.6. The van der Waals surface area contributed by atoms with Gasteiger partial charge in [-0.2, -0.15) is 28.2 Å². The van der Waals surface area contributed by atoms with Gasteiger partial charge < -0.3 is 5.32 Å². The molecule has 0 aliphatic carbocycles. The molecule has 1 aromatic carbocycles. The lowest BCUT2D eigenvalue weighted by molar-refractivity contribution is -0.137. The summed E-state index contributed by atoms with van der Waals surface area (Å²) in [6, 6.07) is 11.4. The van der Waals surface area contributed by atoms with Gasteiger partial charge in [0.2, 0.25) is 0 Å². The van der Waals surface area contributed by atoms with Crippen molar-refractivity contribution in [3.05, 3.63) is 89.9 Å². The molecule has 0 spiro atoms. The number of halogens is 3. The second-order valence-electron chi connectivity index (χ2n) is 8.13. The molecule has 0 aliphatic heterocycles. The van der Waals surface area contributed by atoms with Crippen molar-refractivity contribution in [1.29, 1.82) is 5.26 Å². The number of carbonyl (C=O) groups is 1. The molecule has 1 amide bonds. The first-order valence-electron chi connectivity index (χ1n) is 10.3. The summed E-state index contributed by atoms with van der Waals surface area (Å²) in [5.41, 5.74) is -0.152. The van der Waals surface area contributed by atoms with Gasteiger partial charge in [-0.1, -0.05) is 12.1 Å². The van der Waals surface area contributed by atoms with Crippen molar-refractivity contribution in [2.45, 2.75) is 25.6 Å². The van der Waals surface area contributed by atoms with Gasteiger partial charge in [-0.15, -0.1) is 0 Å². The molecule has 8 nitrogen and oxygen atoms in total. The largest absolute Gasteiger partial charge is 0.416 e. The Balaban J connectivity index is 1.56. The molecule has 3 heterocycles. The molecule has 176 valence electrons. The molecule has 0 saturated carbocycles. The van der Waals surface area contributed by atoms with E-state index < -0.39 is 23.2 Å². The van der Waals surface area contributed by atoms with Crippen LogP contribution in [0.15, 0.2) is 67.4 Å². The molecule has 11 heteroatoms. The normalized spacial score (nSPS) is 11.7. The average Bonchev–Trinajstić information content (AvgIpc) is 3.35. The van der Waals surface area contributed by atoms with E-state index in [1.54, 1.807) is 32.0 Å². The third kappa shape index (κ3) is 5.01. The van der Waals surface area contributed by atoms with E-state index in [0.29, 0.717) is 28.3 Å². The maximum absolute atomic E-state index is 13.0. The number of nitriles is 1. The number of hydrogen-bond acceptors (Lipinski definition) is 6. The lowest BCUT2D eigenvalue weighted by Gasteiger charge is -2.25. The van der Waals surface area contributed by atoms with Crippen molar-refractivity contribution in [3.63, 3.8) is 0 Å². The summed E-state index contributed by atoms with van der Waals surface area (Å²) in [6.45, 7) is 3.48. The number of benzene rings is 1. The molecular formula is C24H18F3N7O. The van der Waals surface area contributed by atoms with Crippen LogP contribution in [-0.2, 0) is 11.7 Å². The van der Waals surface area contributed by atoms with Gasteiger partial charge in [-0.05, 0) is 49.7 Å². The minimum Gasteiger partial charge on any atom is -0.340 e. The molecule has 4 aromatic rings. The van der Waals surface area contributed by atoms with Crippen molar-refractivity contribution in [1.82, 2.24) is 30.0 Å². The summed E-state index contributed by atoms with van der Waals surface area (Å²) in [7, 11) is 0. The van der Waals surface area contributed by atoms with Crippen molar-refractivity contribution in [3.8, 4) is 23.0 Å². The molecule has 0 unspecified atom stereocenters. The number of amides is 1.